The third kappa shape index (κ3) is 5.67. The van der Waals surface area contributed by atoms with Crippen molar-refractivity contribution >= 4 is 28.8 Å². The van der Waals surface area contributed by atoms with Crippen LogP contribution in [0.15, 0.2) is 30.3 Å². The molecule has 0 radical (unpaired) electrons. The minimum Gasteiger partial charge on any atom is -0.495 e. The third-order valence-electron chi connectivity index (χ3n) is 4.77. The molecule has 0 heterocycles. The number of hydrogen-bond donors (Lipinski definition) is 2. The molecule has 0 saturated heterocycles. The zero-order valence-electron chi connectivity index (χ0n) is 17.1. The largest absolute Gasteiger partial charge is 0.495 e. The van der Waals surface area contributed by atoms with Gasteiger partial charge in [0.2, 0.25) is 0 Å². The molecule has 2 rings (SSSR count). The van der Waals surface area contributed by atoms with E-state index in [4.69, 9.17) is 32.7 Å². The standard InChI is InChI=1S/C23H28Cl2O4/c1-4-5-6-7-8-19(15-9-17(13-26)22(28-2)20(24)11-15)16-10-18(14-27)23(29-3)21(25)12-16/h8-12,26-27H,4-7,13-14H2,1-3H3. The SMILES string of the molecule is CCCCCC=C(c1cc(Cl)c(OC)c(CO)c1)c1cc(Cl)c(OC)c(CO)c1. The van der Waals surface area contributed by atoms with E-state index in [2.05, 4.69) is 13.0 Å². The molecule has 0 aliphatic carbocycles. The van der Waals surface area contributed by atoms with Crippen molar-refractivity contribution in [3.05, 3.63) is 62.6 Å². The molecule has 0 amide bonds. The number of aliphatic hydroxyl groups is 2. The summed E-state index contributed by atoms with van der Waals surface area (Å²) < 4.78 is 10.6. The van der Waals surface area contributed by atoms with E-state index in [-0.39, 0.29) is 13.2 Å². The lowest BCUT2D eigenvalue weighted by molar-refractivity contribution is 0.273. The summed E-state index contributed by atoms with van der Waals surface area (Å²) in [7, 11) is 3.05. The Morgan fingerprint density at radius 3 is 1.72 bits per heavy atom. The molecule has 0 saturated carbocycles. The van der Waals surface area contributed by atoms with Crippen LogP contribution in [0.3, 0.4) is 0 Å². The van der Waals surface area contributed by atoms with Crippen molar-refractivity contribution in [2.45, 2.75) is 45.8 Å². The lowest BCUT2D eigenvalue weighted by atomic mass is 9.93. The Hall–Kier alpha value is -1.72. The van der Waals surface area contributed by atoms with Crippen LogP contribution in [0, 0.1) is 0 Å². The smallest absolute Gasteiger partial charge is 0.142 e. The number of benzene rings is 2. The van der Waals surface area contributed by atoms with Gasteiger partial charge in [0.15, 0.2) is 0 Å². The van der Waals surface area contributed by atoms with E-state index in [0.717, 1.165) is 42.4 Å². The van der Waals surface area contributed by atoms with Crippen LogP contribution in [-0.2, 0) is 13.2 Å². The van der Waals surface area contributed by atoms with Gasteiger partial charge >= 0.3 is 0 Å². The van der Waals surface area contributed by atoms with Gasteiger partial charge in [-0.15, -0.1) is 0 Å². The topological polar surface area (TPSA) is 58.9 Å². The molecule has 4 nitrogen and oxygen atoms in total. The molecule has 0 aliphatic heterocycles. The molecule has 0 spiro atoms. The normalized spacial score (nSPS) is 10.7. The van der Waals surface area contributed by atoms with Crippen molar-refractivity contribution in [2.24, 2.45) is 0 Å². The van der Waals surface area contributed by atoms with E-state index in [1.54, 1.807) is 0 Å². The number of rotatable bonds is 10. The maximum Gasteiger partial charge on any atom is 0.142 e. The van der Waals surface area contributed by atoms with E-state index in [1.165, 1.54) is 14.2 Å². The molecule has 158 valence electrons. The minimum absolute atomic E-state index is 0.189. The van der Waals surface area contributed by atoms with Crippen molar-refractivity contribution in [3.8, 4) is 11.5 Å². The average molecular weight is 439 g/mol. The first-order valence-electron chi connectivity index (χ1n) is 9.66. The first kappa shape index (κ1) is 23.6. The molecule has 2 aromatic carbocycles. The second kappa shape index (κ2) is 11.5. The van der Waals surface area contributed by atoms with Crippen molar-refractivity contribution in [3.63, 3.8) is 0 Å². The highest BCUT2D eigenvalue weighted by molar-refractivity contribution is 6.33. The molecule has 2 N–H and O–H groups in total. The fraction of sp³-hybridized carbons (Fsp3) is 0.391. The first-order chi connectivity index (χ1) is 14.0. The minimum atomic E-state index is -0.189. The van der Waals surface area contributed by atoms with Gasteiger partial charge in [0.1, 0.15) is 11.5 Å². The molecule has 0 atom stereocenters. The average Bonchev–Trinajstić information content (AvgIpc) is 2.72. The molecule has 2 aromatic rings. The number of ether oxygens (including phenoxy) is 2. The molecule has 0 fully saturated rings. The Balaban J connectivity index is 2.63. The van der Waals surface area contributed by atoms with Crippen molar-refractivity contribution < 1.29 is 19.7 Å². The number of unbranched alkanes of at least 4 members (excludes halogenated alkanes) is 3. The van der Waals surface area contributed by atoms with E-state index < -0.39 is 0 Å². The van der Waals surface area contributed by atoms with Crippen LogP contribution in [0.2, 0.25) is 10.0 Å². The quantitative estimate of drug-likeness (QED) is 0.446. The number of halogens is 2. The maximum atomic E-state index is 9.76. The van der Waals surface area contributed by atoms with Gasteiger partial charge in [-0.3, -0.25) is 0 Å². The Morgan fingerprint density at radius 2 is 1.34 bits per heavy atom. The van der Waals surface area contributed by atoms with Crippen LogP contribution in [-0.4, -0.2) is 24.4 Å². The predicted molar refractivity (Wildman–Crippen MR) is 119 cm³/mol. The lowest BCUT2D eigenvalue weighted by Gasteiger charge is -2.17. The number of allylic oxidation sites excluding steroid dienone is 1. The summed E-state index contributed by atoms with van der Waals surface area (Å²) in [5.74, 6) is 0.930. The van der Waals surface area contributed by atoms with Gasteiger partial charge < -0.3 is 19.7 Å². The fourth-order valence-corrected chi connectivity index (χ4v) is 3.98. The van der Waals surface area contributed by atoms with Crippen LogP contribution in [0.4, 0.5) is 0 Å². The lowest BCUT2D eigenvalue weighted by Crippen LogP contribution is -1.99. The molecule has 29 heavy (non-hydrogen) atoms. The van der Waals surface area contributed by atoms with Gasteiger partial charge in [0.05, 0.1) is 37.5 Å². The second-order valence-electron chi connectivity index (χ2n) is 6.73. The van der Waals surface area contributed by atoms with Gasteiger partial charge in [-0.2, -0.15) is 0 Å². The van der Waals surface area contributed by atoms with Crippen molar-refractivity contribution in [1.29, 1.82) is 0 Å². The summed E-state index contributed by atoms with van der Waals surface area (Å²) in [6.45, 7) is 1.79. The van der Waals surface area contributed by atoms with Gasteiger partial charge in [-0.25, -0.2) is 0 Å². The van der Waals surface area contributed by atoms with Gasteiger partial charge in [0, 0.05) is 11.1 Å². The summed E-state index contributed by atoms with van der Waals surface area (Å²) in [5.41, 5.74) is 3.84. The maximum absolute atomic E-state index is 9.76. The molecule has 0 bridgehead atoms. The number of methoxy groups -OCH3 is 2. The Kier molecular flexibility index (Phi) is 9.31. The highest BCUT2D eigenvalue weighted by Crippen LogP contribution is 2.38. The highest BCUT2D eigenvalue weighted by atomic mass is 35.5. The zero-order chi connectivity index (χ0) is 21.4. The van der Waals surface area contributed by atoms with E-state index in [1.807, 2.05) is 24.3 Å². The molecule has 0 unspecified atom stereocenters. The van der Waals surface area contributed by atoms with Crippen LogP contribution in [0.1, 0.15) is 54.9 Å². The Morgan fingerprint density at radius 1 is 0.862 bits per heavy atom. The molecule has 0 aliphatic rings. The zero-order valence-corrected chi connectivity index (χ0v) is 18.6. The number of hydrogen-bond acceptors (Lipinski definition) is 4. The van der Waals surface area contributed by atoms with Gasteiger partial charge in [-0.05, 0) is 53.8 Å². The Labute approximate surface area is 182 Å². The predicted octanol–water partition coefficient (Wildman–Crippen LogP) is 6.01. The van der Waals surface area contributed by atoms with Gasteiger partial charge in [-0.1, -0.05) is 49.0 Å². The van der Waals surface area contributed by atoms with Crippen LogP contribution in [0.25, 0.3) is 5.57 Å². The van der Waals surface area contributed by atoms with Gasteiger partial charge in [0.25, 0.3) is 0 Å². The monoisotopic (exact) mass is 438 g/mol. The van der Waals surface area contributed by atoms with E-state index in [0.29, 0.717) is 32.7 Å². The Bertz CT molecular complexity index is 799. The molecular weight excluding hydrogens is 411 g/mol. The first-order valence-corrected chi connectivity index (χ1v) is 10.4. The van der Waals surface area contributed by atoms with E-state index >= 15 is 0 Å². The van der Waals surface area contributed by atoms with Crippen LogP contribution in [0.5, 0.6) is 11.5 Å². The highest BCUT2D eigenvalue weighted by Gasteiger charge is 2.16. The molecular formula is C23H28Cl2O4. The second-order valence-corrected chi connectivity index (χ2v) is 7.55. The van der Waals surface area contributed by atoms with E-state index in [9.17, 15) is 10.2 Å². The molecule has 0 aromatic heterocycles. The third-order valence-corrected chi connectivity index (χ3v) is 5.33. The summed E-state index contributed by atoms with van der Waals surface area (Å²) in [6.07, 6.45) is 6.37. The van der Waals surface area contributed by atoms with Crippen molar-refractivity contribution in [1.82, 2.24) is 0 Å². The van der Waals surface area contributed by atoms with Crippen LogP contribution >= 0.6 is 23.2 Å². The van der Waals surface area contributed by atoms with Crippen LogP contribution < -0.4 is 9.47 Å². The van der Waals surface area contributed by atoms with Crippen molar-refractivity contribution in [2.75, 3.05) is 14.2 Å². The summed E-state index contributed by atoms with van der Waals surface area (Å²) >= 11 is 12.8. The summed E-state index contributed by atoms with van der Waals surface area (Å²) in [6, 6.07) is 7.38. The summed E-state index contributed by atoms with van der Waals surface area (Å²) in [4.78, 5) is 0. The number of aliphatic hydroxyl groups excluding tert-OH is 2. The molecule has 6 heteroatoms. The summed E-state index contributed by atoms with van der Waals surface area (Å²) in [5, 5.41) is 20.4. The fourth-order valence-electron chi connectivity index (χ4n) is 3.35.